The fourth-order valence-electron chi connectivity index (χ4n) is 5.91. The van der Waals surface area contributed by atoms with E-state index in [0.29, 0.717) is 17.2 Å². The van der Waals surface area contributed by atoms with E-state index in [1.165, 1.54) is 6.07 Å². The number of carbonyl (C=O) groups excluding carboxylic acids is 1. The lowest BCUT2D eigenvalue weighted by molar-refractivity contribution is -0.120. The van der Waals surface area contributed by atoms with Crippen molar-refractivity contribution in [2.45, 2.75) is 59.4 Å². The molecule has 4 aromatic rings. The van der Waals surface area contributed by atoms with Crippen molar-refractivity contribution in [1.29, 1.82) is 0 Å². The third kappa shape index (κ3) is 5.45. The summed E-state index contributed by atoms with van der Waals surface area (Å²) in [5.41, 5.74) is 1.96. The van der Waals surface area contributed by atoms with E-state index in [0.717, 1.165) is 44.2 Å². The lowest BCUT2D eigenvalue weighted by Crippen LogP contribution is -2.36. The van der Waals surface area contributed by atoms with Crippen molar-refractivity contribution in [2.75, 3.05) is 25.0 Å². The summed E-state index contributed by atoms with van der Waals surface area (Å²) in [5.74, 6) is 0.292. The molecule has 0 spiro atoms. The molecule has 3 aromatic heterocycles. The van der Waals surface area contributed by atoms with Gasteiger partial charge in [0, 0.05) is 23.7 Å². The van der Waals surface area contributed by atoms with Crippen molar-refractivity contribution >= 4 is 28.6 Å². The minimum absolute atomic E-state index is 0.0286. The third-order valence-corrected chi connectivity index (χ3v) is 7.83. The number of pyridine rings is 1. The van der Waals surface area contributed by atoms with Crippen LogP contribution in [0.15, 0.2) is 36.7 Å². The van der Waals surface area contributed by atoms with E-state index >= 15 is 4.39 Å². The molecular weight excluding hydrogens is 512 g/mol. The number of nitrogens with zero attached hydrogens (tertiary/aromatic N) is 6. The third-order valence-electron chi connectivity index (χ3n) is 7.83. The first-order chi connectivity index (χ1) is 19.2. The number of benzene rings is 1. The standard InChI is InChI=1S/C30H35F2N7O/c1-6-38-11-9-20(10-12-38)27(18(4)40)21-7-8-26(33-15-21)36-30-34-16-24(32)28(37-30)22-13-23(31)29-25(14-22)39(17(2)3)19(5)35-29/h7-8,13-17,20,27H,6,9-12H2,1-5H3,(H,33,34,36,37)/t27-/m1/s1. The molecule has 1 aliphatic heterocycles. The van der Waals surface area contributed by atoms with E-state index in [-0.39, 0.29) is 46.4 Å². The van der Waals surface area contributed by atoms with Crippen molar-refractivity contribution in [3.8, 4) is 11.3 Å². The predicted molar refractivity (Wildman–Crippen MR) is 152 cm³/mol. The van der Waals surface area contributed by atoms with Gasteiger partial charge in [-0.3, -0.25) is 4.79 Å². The Hall–Kier alpha value is -3.79. The Labute approximate surface area is 232 Å². The molecule has 0 unspecified atom stereocenters. The number of anilines is 2. The highest BCUT2D eigenvalue weighted by molar-refractivity contribution is 5.84. The summed E-state index contributed by atoms with van der Waals surface area (Å²) in [5, 5.41) is 3.01. The van der Waals surface area contributed by atoms with Crippen molar-refractivity contribution in [3.05, 3.63) is 59.7 Å². The molecule has 1 aliphatic rings. The van der Waals surface area contributed by atoms with Gasteiger partial charge < -0.3 is 14.8 Å². The number of piperidine rings is 1. The molecule has 8 nitrogen and oxygen atoms in total. The Bertz CT molecular complexity index is 1530. The zero-order chi connectivity index (χ0) is 28.6. The average molecular weight is 548 g/mol. The average Bonchev–Trinajstić information content (AvgIpc) is 3.27. The van der Waals surface area contributed by atoms with Crippen LogP contribution in [0.3, 0.4) is 0 Å². The number of carbonyl (C=O) groups is 1. The molecular formula is C30H35F2N7O. The number of imidazole rings is 1. The second kappa shape index (κ2) is 11.4. The second-order valence-electron chi connectivity index (χ2n) is 10.8. The van der Waals surface area contributed by atoms with Gasteiger partial charge in [-0.15, -0.1) is 0 Å². The van der Waals surface area contributed by atoms with Gasteiger partial charge >= 0.3 is 0 Å². The molecule has 1 N–H and O–H groups in total. The van der Waals surface area contributed by atoms with Crippen molar-refractivity contribution in [1.82, 2.24) is 29.4 Å². The van der Waals surface area contributed by atoms with Crippen molar-refractivity contribution < 1.29 is 13.6 Å². The Balaban J connectivity index is 1.39. The topological polar surface area (TPSA) is 88.8 Å². The second-order valence-corrected chi connectivity index (χ2v) is 10.8. The number of fused-ring (bicyclic) bond motifs is 1. The number of aryl methyl sites for hydroxylation is 1. The quantitative estimate of drug-likeness (QED) is 0.281. The largest absolute Gasteiger partial charge is 0.326 e. The summed E-state index contributed by atoms with van der Waals surface area (Å²) in [4.78, 5) is 32.3. The molecule has 40 heavy (non-hydrogen) atoms. The van der Waals surface area contributed by atoms with Crippen LogP contribution in [0.5, 0.6) is 0 Å². The number of likely N-dealkylation sites (tertiary alicyclic amines) is 1. The molecule has 0 aliphatic carbocycles. The van der Waals surface area contributed by atoms with E-state index in [9.17, 15) is 9.18 Å². The zero-order valence-electron chi connectivity index (χ0n) is 23.6. The summed E-state index contributed by atoms with van der Waals surface area (Å²) in [6, 6.07) is 6.67. The van der Waals surface area contributed by atoms with Crippen LogP contribution < -0.4 is 5.32 Å². The van der Waals surface area contributed by atoms with Crippen LogP contribution in [0, 0.1) is 24.5 Å². The summed E-state index contributed by atoms with van der Waals surface area (Å²) in [6.07, 6.45) is 4.73. The molecule has 210 valence electrons. The van der Waals surface area contributed by atoms with Crippen LogP contribution in [-0.2, 0) is 4.79 Å². The summed E-state index contributed by atoms with van der Waals surface area (Å²) >= 11 is 0. The summed E-state index contributed by atoms with van der Waals surface area (Å²) in [6.45, 7) is 12.6. The number of ketones is 1. The molecule has 1 saturated heterocycles. The monoisotopic (exact) mass is 547 g/mol. The number of nitrogens with one attached hydrogen (secondary N) is 1. The van der Waals surface area contributed by atoms with E-state index in [4.69, 9.17) is 0 Å². The fraction of sp³-hybridized carbons (Fsp3) is 0.433. The predicted octanol–water partition coefficient (Wildman–Crippen LogP) is 6.20. The Morgan fingerprint density at radius 3 is 2.45 bits per heavy atom. The van der Waals surface area contributed by atoms with Crippen LogP contribution in [0.2, 0.25) is 0 Å². The molecule has 0 radical (unpaired) electrons. The Morgan fingerprint density at radius 1 is 1.07 bits per heavy atom. The first kappa shape index (κ1) is 27.8. The number of rotatable bonds is 8. The van der Waals surface area contributed by atoms with Gasteiger partial charge in [-0.1, -0.05) is 13.0 Å². The van der Waals surface area contributed by atoms with Crippen LogP contribution in [0.25, 0.3) is 22.3 Å². The maximum absolute atomic E-state index is 15.0. The molecule has 0 amide bonds. The van der Waals surface area contributed by atoms with Crippen LogP contribution >= 0.6 is 0 Å². The normalized spacial score (nSPS) is 15.6. The smallest absolute Gasteiger partial charge is 0.229 e. The first-order valence-corrected chi connectivity index (χ1v) is 13.8. The highest BCUT2D eigenvalue weighted by Gasteiger charge is 2.30. The van der Waals surface area contributed by atoms with E-state index in [1.807, 2.05) is 31.4 Å². The molecule has 10 heteroatoms. The van der Waals surface area contributed by atoms with E-state index in [2.05, 4.69) is 37.1 Å². The molecule has 1 atom stereocenters. The van der Waals surface area contributed by atoms with Gasteiger partial charge in [0.05, 0.1) is 11.7 Å². The molecule has 0 bridgehead atoms. The lowest BCUT2D eigenvalue weighted by atomic mass is 9.78. The van der Waals surface area contributed by atoms with Gasteiger partial charge in [-0.2, -0.15) is 0 Å². The number of hydrogen-bond donors (Lipinski definition) is 1. The summed E-state index contributed by atoms with van der Waals surface area (Å²) < 4.78 is 31.8. The molecule has 5 rings (SSSR count). The van der Waals surface area contributed by atoms with Gasteiger partial charge in [0.25, 0.3) is 0 Å². The van der Waals surface area contributed by atoms with Gasteiger partial charge in [0.2, 0.25) is 5.95 Å². The lowest BCUT2D eigenvalue weighted by Gasteiger charge is -2.34. The van der Waals surface area contributed by atoms with Crippen LogP contribution in [0.4, 0.5) is 20.5 Å². The van der Waals surface area contributed by atoms with Gasteiger partial charge in [-0.25, -0.2) is 28.7 Å². The number of Topliss-reactive ketones (excluding diaryl/α,β-unsaturated/α-hetero) is 1. The van der Waals surface area contributed by atoms with Gasteiger partial charge in [0.1, 0.15) is 28.6 Å². The van der Waals surface area contributed by atoms with E-state index < -0.39 is 11.6 Å². The Morgan fingerprint density at radius 2 is 1.82 bits per heavy atom. The van der Waals surface area contributed by atoms with E-state index in [1.54, 1.807) is 25.3 Å². The maximum atomic E-state index is 15.0. The van der Waals surface area contributed by atoms with Crippen LogP contribution in [0.1, 0.15) is 63.9 Å². The number of halogens is 2. The maximum Gasteiger partial charge on any atom is 0.229 e. The van der Waals surface area contributed by atoms with Crippen molar-refractivity contribution in [2.24, 2.45) is 5.92 Å². The number of hydrogen-bond acceptors (Lipinski definition) is 7. The molecule has 4 heterocycles. The minimum Gasteiger partial charge on any atom is -0.326 e. The highest BCUT2D eigenvalue weighted by Crippen LogP contribution is 2.34. The molecule has 0 saturated carbocycles. The highest BCUT2D eigenvalue weighted by atomic mass is 19.1. The summed E-state index contributed by atoms with van der Waals surface area (Å²) in [7, 11) is 0. The molecule has 1 aromatic carbocycles. The zero-order valence-corrected chi connectivity index (χ0v) is 23.6. The van der Waals surface area contributed by atoms with Gasteiger partial charge in [-0.05, 0) is 89.9 Å². The minimum atomic E-state index is -0.668. The fourth-order valence-corrected chi connectivity index (χ4v) is 5.91. The van der Waals surface area contributed by atoms with Gasteiger partial charge in [0.15, 0.2) is 11.6 Å². The molecule has 1 fully saturated rings. The van der Waals surface area contributed by atoms with Crippen molar-refractivity contribution in [3.63, 3.8) is 0 Å². The van der Waals surface area contributed by atoms with Crippen LogP contribution in [-0.4, -0.2) is 54.8 Å². The Kier molecular flexibility index (Phi) is 7.89. The first-order valence-electron chi connectivity index (χ1n) is 13.8. The SMILES string of the molecule is CCN1CCC([C@@H](C(C)=O)c2ccc(Nc3ncc(F)c(-c4cc(F)c5nc(C)n(C(C)C)c5c4)n3)nc2)CC1. The number of aromatic nitrogens is 5.